The summed E-state index contributed by atoms with van der Waals surface area (Å²) in [7, 11) is 0. The van der Waals surface area contributed by atoms with Crippen LogP contribution in [0, 0.1) is 5.92 Å². The highest BCUT2D eigenvalue weighted by Crippen LogP contribution is 2.22. The fourth-order valence-corrected chi connectivity index (χ4v) is 3.39. The van der Waals surface area contributed by atoms with Gasteiger partial charge in [0.05, 0.1) is 16.1 Å². The van der Waals surface area contributed by atoms with Crippen molar-refractivity contribution in [3.05, 3.63) is 63.9 Å². The smallest absolute Gasteiger partial charge is 0.255 e. The van der Waals surface area contributed by atoms with Gasteiger partial charge in [0, 0.05) is 37.1 Å². The lowest BCUT2D eigenvalue weighted by Gasteiger charge is -2.32. The van der Waals surface area contributed by atoms with E-state index in [4.69, 9.17) is 23.2 Å². The van der Waals surface area contributed by atoms with Crippen LogP contribution < -0.4 is 5.32 Å². The fourth-order valence-electron chi connectivity index (χ4n) is 3.02. The molecule has 2 amide bonds. The van der Waals surface area contributed by atoms with E-state index < -0.39 is 0 Å². The maximum Gasteiger partial charge on any atom is 0.255 e. The minimum atomic E-state index is -0.230. The minimum Gasteiger partial charge on any atom is -0.352 e. The topological polar surface area (TPSA) is 62.3 Å². The molecule has 1 N–H and O–H groups in total. The standard InChI is InChI=1S/C19H19Cl2N3O2/c20-15-3-4-17(21)16(10-15)18(25)23-11-13-5-8-24(9-6-13)19(26)14-2-1-7-22-12-14/h1-4,7,10,12-13H,5-6,8-9,11H2,(H,23,25). The molecule has 1 aliphatic heterocycles. The molecule has 3 rings (SSSR count). The highest BCUT2D eigenvalue weighted by Gasteiger charge is 2.24. The predicted molar refractivity (Wildman–Crippen MR) is 102 cm³/mol. The van der Waals surface area contributed by atoms with Crippen LogP contribution in [0.3, 0.4) is 0 Å². The lowest BCUT2D eigenvalue weighted by molar-refractivity contribution is 0.0684. The van der Waals surface area contributed by atoms with Crippen molar-refractivity contribution in [1.29, 1.82) is 0 Å². The van der Waals surface area contributed by atoms with Crippen LogP contribution in [0.25, 0.3) is 0 Å². The van der Waals surface area contributed by atoms with Gasteiger partial charge < -0.3 is 10.2 Å². The van der Waals surface area contributed by atoms with E-state index in [1.54, 1.807) is 42.7 Å². The molecule has 1 saturated heterocycles. The van der Waals surface area contributed by atoms with E-state index in [9.17, 15) is 9.59 Å². The summed E-state index contributed by atoms with van der Waals surface area (Å²) in [6.45, 7) is 1.90. The van der Waals surface area contributed by atoms with Crippen LogP contribution in [0.4, 0.5) is 0 Å². The second-order valence-corrected chi connectivity index (χ2v) is 7.16. The largest absolute Gasteiger partial charge is 0.352 e. The second kappa shape index (κ2) is 8.52. The normalized spacial score (nSPS) is 14.9. The summed E-state index contributed by atoms with van der Waals surface area (Å²) < 4.78 is 0. The Bertz CT molecular complexity index is 791. The Balaban J connectivity index is 1.49. The van der Waals surface area contributed by atoms with Crippen molar-refractivity contribution in [2.75, 3.05) is 19.6 Å². The molecule has 0 radical (unpaired) electrons. The Morgan fingerprint density at radius 3 is 2.65 bits per heavy atom. The van der Waals surface area contributed by atoms with Crippen LogP contribution in [-0.2, 0) is 0 Å². The molecule has 0 spiro atoms. The molecule has 2 heterocycles. The molecule has 1 aromatic carbocycles. The number of carbonyl (C=O) groups excluding carboxylic acids is 2. The lowest BCUT2D eigenvalue weighted by Crippen LogP contribution is -2.41. The zero-order valence-corrected chi connectivity index (χ0v) is 15.6. The maximum absolute atomic E-state index is 12.4. The third-order valence-electron chi connectivity index (χ3n) is 4.53. The summed E-state index contributed by atoms with van der Waals surface area (Å²) in [5.41, 5.74) is 0.984. The van der Waals surface area contributed by atoms with Crippen LogP contribution in [0.15, 0.2) is 42.7 Å². The maximum atomic E-state index is 12.4. The van der Waals surface area contributed by atoms with Crippen molar-refractivity contribution in [3.63, 3.8) is 0 Å². The van der Waals surface area contributed by atoms with Gasteiger partial charge in [-0.25, -0.2) is 0 Å². The number of carbonyl (C=O) groups is 2. The number of rotatable bonds is 4. The summed E-state index contributed by atoms with van der Waals surface area (Å²) in [6.07, 6.45) is 4.92. The van der Waals surface area contributed by atoms with Gasteiger partial charge in [0.25, 0.3) is 11.8 Å². The van der Waals surface area contributed by atoms with Crippen molar-refractivity contribution in [2.24, 2.45) is 5.92 Å². The summed E-state index contributed by atoms with van der Waals surface area (Å²) in [5.74, 6) is 0.104. The summed E-state index contributed by atoms with van der Waals surface area (Å²) in [6, 6.07) is 8.36. The predicted octanol–water partition coefficient (Wildman–Crippen LogP) is 3.67. The van der Waals surface area contributed by atoms with E-state index in [0.29, 0.717) is 46.7 Å². The third kappa shape index (κ3) is 4.54. The number of nitrogens with zero attached hydrogens (tertiary/aromatic N) is 2. The number of amides is 2. The molecule has 1 aliphatic rings. The lowest BCUT2D eigenvalue weighted by atomic mass is 9.96. The first-order chi connectivity index (χ1) is 12.5. The number of benzene rings is 1. The Hall–Kier alpha value is -2.11. The van der Waals surface area contributed by atoms with Crippen molar-refractivity contribution in [3.8, 4) is 0 Å². The van der Waals surface area contributed by atoms with Gasteiger partial charge in [0.2, 0.25) is 0 Å². The number of hydrogen-bond acceptors (Lipinski definition) is 3. The molecule has 1 aromatic heterocycles. The zero-order chi connectivity index (χ0) is 18.5. The molecule has 5 nitrogen and oxygen atoms in total. The number of likely N-dealkylation sites (tertiary alicyclic amines) is 1. The number of halogens is 2. The second-order valence-electron chi connectivity index (χ2n) is 6.31. The van der Waals surface area contributed by atoms with Crippen molar-refractivity contribution >= 4 is 35.0 Å². The van der Waals surface area contributed by atoms with Crippen LogP contribution in [0.5, 0.6) is 0 Å². The monoisotopic (exact) mass is 391 g/mol. The first kappa shape index (κ1) is 18.7. The van der Waals surface area contributed by atoms with Gasteiger partial charge in [-0.1, -0.05) is 23.2 Å². The molecule has 0 aliphatic carbocycles. The van der Waals surface area contributed by atoms with Gasteiger partial charge in [0.1, 0.15) is 0 Å². The molecule has 26 heavy (non-hydrogen) atoms. The van der Waals surface area contributed by atoms with Gasteiger partial charge >= 0.3 is 0 Å². The molecule has 0 bridgehead atoms. The SMILES string of the molecule is O=C(NCC1CCN(C(=O)c2cccnc2)CC1)c1cc(Cl)ccc1Cl. The zero-order valence-electron chi connectivity index (χ0n) is 14.1. The minimum absolute atomic E-state index is 0.00583. The van der Waals surface area contributed by atoms with Crippen molar-refractivity contribution < 1.29 is 9.59 Å². The number of hydrogen-bond donors (Lipinski definition) is 1. The molecule has 0 saturated carbocycles. The Kier molecular flexibility index (Phi) is 6.12. The molecule has 0 unspecified atom stereocenters. The van der Waals surface area contributed by atoms with Gasteiger partial charge in [-0.3, -0.25) is 14.6 Å². The van der Waals surface area contributed by atoms with Crippen LogP contribution in [-0.4, -0.2) is 41.3 Å². The van der Waals surface area contributed by atoms with E-state index >= 15 is 0 Å². The number of aromatic nitrogens is 1. The highest BCUT2D eigenvalue weighted by atomic mass is 35.5. The van der Waals surface area contributed by atoms with Gasteiger partial charge in [-0.2, -0.15) is 0 Å². The van der Waals surface area contributed by atoms with Gasteiger partial charge in [-0.15, -0.1) is 0 Å². The summed E-state index contributed by atoms with van der Waals surface area (Å²) in [4.78, 5) is 30.5. The van der Waals surface area contributed by atoms with Crippen LogP contribution in [0.2, 0.25) is 10.0 Å². The van der Waals surface area contributed by atoms with Crippen LogP contribution in [0.1, 0.15) is 33.6 Å². The summed E-state index contributed by atoms with van der Waals surface area (Å²) in [5, 5.41) is 3.77. The quantitative estimate of drug-likeness (QED) is 0.864. The molecular weight excluding hydrogens is 373 g/mol. The van der Waals surface area contributed by atoms with Crippen LogP contribution >= 0.6 is 23.2 Å². The average Bonchev–Trinajstić information content (AvgIpc) is 2.68. The Labute approximate surface area is 162 Å². The van der Waals surface area contributed by atoms with Crippen molar-refractivity contribution in [1.82, 2.24) is 15.2 Å². The highest BCUT2D eigenvalue weighted by molar-refractivity contribution is 6.35. The third-order valence-corrected chi connectivity index (χ3v) is 5.10. The van der Waals surface area contributed by atoms with E-state index in [1.165, 1.54) is 0 Å². The van der Waals surface area contributed by atoms with E-state index in [0.717, 1.165) is 12.8 Å². The number of nitrogens with one attached hydrogen (secondary N) is 1. The molecule has 0 atom stereocenters. The molecule has 2 aromatic rings. The molecular formula is C19H19Cl2N3O2. The van der Waals surface area contributed by atoms with E-state index in [1.807, 2.05) is 4.90 Å². The number of pyridine rings is 1. The van der Waals surface area contributed by atoms with Crippen molar-refractivity contribution in [2.45, 2.75) is 12.8 Å². The molecule has 136 valence electrons. The number of piperidine rings is 1. The first-order valence-corrected chi connectivity index (χ1v) is 9.22. The summed E-state index contributed by atoms with van der Waals surface area (Å²) >= 11 is 12.0. The van der Waals surface area contributed by atoms with Gasteiger partial charge in [0.15, 0.2) is 0 Å². The average molecular weight is 392 g/mol. The van der Waals surface area contributed by atoms with E-state index in [2.05, 4.69) is 10.3 Å². The fraction of sp³-hybridized carbons (Fsp3) is 0.316. The Morgan fingerprint density at radius 2 is 1.96 bits per heavy atom. The van der Waals surface area contributed by atoms with Gasteiger partial charge in [-0.05, 0) is 49.1 Å². The molecule has 1 fully saturated rings. The van der Waals surface area contributed by atoms with E-state index in [-0.39, 0.29) is 11.8 Å². The molecule has 7 heteroatoms. The Morgan fingerprint density at radius 1 is 1.19 bits per heavy atom. The first-order valence-electron chi connectivity index (χ1n) is 8.47.